The number of hydrogen-bond acceptors (Lipinski definition) is 2. The molecule has 1 saturated carbocycles. The highest BCUT2D eigenvalue weighted by Crippen LogP contribution is 2.41. The topological polar surface area (TPSA) is 24.1 Å². The first-order valence-corrected chi connectivity index (χ1v) is 9.95. The molecule has 0 amide bonds. The highest BCUT2D eigenvalue weighted by atomic mass is 15.2. The zero-order valence-electron chi connectivity index (χ0n) is 14.7. The van der Waals surface area contributed by atoms with Gasteiger partial charge in [-0.1, -0.05) is 69.2 Å². The third-order valence-corrected chi connectivity index (χ3v) is 5.86. The Labute approximate surface area is 146 Å². The van der Waals surface area contributed by atoms with Crippen LogP contribution in [-0.2, 0) is 0 Å². The van der Waals surface area contributed by atoms with Gasteiger partial charge >= 0.3 is 0 Å². The van der Waals surface area contributed by atoms with Crippen molar-refractivity contribution in [2.24, 2.45) is 0 Å². The molecule has 2 nitrogen and oxygen atoms in total. The van der Waals surface area contributed by atoms with Gasteiger partial charge in [0.1, 0.15) is 5.66 Å². The van der Waals surface area contributed by atoms with Gasteiger partial charge in [0.2, 0.25) is 0 Å². The molecule has 2 aromatic carbocycles. The average Bonchev–Trinajstić information content (AvgIpc) is 2.59. The van der Waals surface area contributed by atoms with Crippen LogP contribution in [0.5, 0.6) is 0 Å². The van der Waals surface area contributed by atoms with E-state index in [4.69, 9.17) is 0 Å². The van der Waals surface area contributed by atoms with Gasteiger partial charge in [-0.2, -0.15) is 0 Å². The van der Waals surface area contributed by atoms with E-state index in [9.17, 15) is 0 Å². The van der Waals surface area contributed by atoms with Crippen LogP contribution in [0.4, 0.5) is 11.4 Å². The van der Waals surface area contributed by atoms with Crippen LogP contribution in [0.3, 0.4) is 0 Å². The summed E-state index contributed by atoms with van der Waals surface area (Å²) >= 11 is 0. The second kappa shape index (κ2) is 7.04. The van der Waals surface area contributed by atoms with Gasteiger partial charge in [-0.05, 0) is 43.2 Å². The fourth-order valence-corrected chi connectivity index (χ4v) is 4.56. The summed E-state index contributed by atoms with van der Waals surface area (Å²) in [5.74, 6) is 0. The van der Waals surface area contributed by atoms with Gasteiger partial charge < -0.3 is 10.6 Å². The summed E-state index contributed by atoms with van der Waals surface area (Å²) in [6, 6.07) is 13.3. The Morgan fingerprint density at radius 1 is 0.583 bits per heavy atom. The molecule has 0 radical (unpaired) electrons. The molecule has 1 fully saturated rings. The van der Waals surface area contributed by atoms with Crippen molar-refractivity contribution in [3.05, 3.63) is 36.4 Å². The van der Waals surface area contributed by atoms with E-state index in [1.165, 1.54) is 92.8 Å². The maximum absolute atomic E-state index is 3.92. The Morgan fingerprint density at radius 2 is 1.04 bits per heavy atom. The standard InChI is InChI=1S/C22H30N2/c1-2-4-6-8-16-22(17-9-7-5-3-1)23-19-14-10-12-18-13-11-15-20(24-22)21(18)19/h10-15,23-24H,1-9,16-17H2. The quantitative estimate of drug-likeness (QED) is 0.565. The first-order valence-electron chi connectivity index (χ1n) is 9.95. The van der Waals surface area contributed by atoms with Crippen molar-refractivity contribution >= 4 is 22.1 Å². The molecule has 1 heterocycles. The molecule has 0 unspecified atom stereocenters. The van der Waals surface area contributed by atoms with E-state index in [-0.39, 0.29) is 5.66 Å². The van der Waals surface area contributed by atoms with Crippen molar-refractivity contribution in [2.75, 3.05) is 10.6 Å². The first-order chi connectivity index (χ1) is 11.9. The first kappa shape index (κ1) is 15.8. The minimum atomic E-state index is 0.0435. The lowest BCUT2D eigenvalue weighted by atomic mass is 9.89. The number of benzene rings is 2. The third kappa shape index (κ3) is 3.24. The Kier molecular flexibility index (Phi) is 4.64. The van der Waals surface area contributed by atoms with Gasteiger partial charge in [-0.15, -0.1) is 0 Å². The molecule has 2 aromatic rings. The Bertz CT molecular complexity index is 637. The molecule has 4 rings (SSSR count). The van der Waals surface area contributed by atoms with E-state index >= 15 is 0 Å². The van der Waals surface area contributed by atoms with Gasteiger partial charge in [-0.3, -0.25) is 0 Å². The largest absolute Gasteiger partial charge is 0.362 e. The number of nitrogens with one attached hydrogen (secondary N) is 2. The minimum absolute atomic E-state index is 0.0435. The van der Waals surface area contributed by atoms with Crippen molar-refractivity contribution < 1.29 is 0 Å². The van der Waals surface area contributed by atoms with Crippen molar-refractivity contribution in [1.82, 2.24) is 0 Å². The Hall–Kier alpha value is -1.70. The minimum Gasteiger partial charge on any atom is -0.362 e. The van der Waals surface area contributed by atoms with Crippen molar-refractivity contribution in [3.63, 3.8) is 0 Å². The molecule has 0 aromatic heterocycles. The Morgan fingerprint density at radius 3 is 1.54 bits per heavy atom. The lowest BCUT2D eigenvalue weighted by molar-refractivity contribution is 0.394. The van der Waals surface area contributed by atoms with Gasteiger partial charge in [0.15, 0.2) is 0 Å². The van der Waals surface area contributed by atoms with Crippen LogP contribution in [0.1, 0.15) is 70.6 Å². The molecular formula is C22H30N2. The molecule has 1 aliphatic carbocycles. The molecule has 0 atom stereocenters. The predicted octanol–water partition coefficient (Wildman–Crippen LogP) is 6.68. The zero-order valence-corrected chi connectivity index (χ0v) is 14.7. The molecule has 2 aliphatic rings. The molecule has 0 saturated heterocycles. The lowest BCUT2D eigenvalue weighted by Crippen LogP contribution is -2.48. The second-order valence-corrected chi connectivity index (χ2v) is 7.72. The van der Waals surface area contributed by atoms with E-state index in [2.05, 4.69) is 47.0 Å². The van der Waals surface area contributed by atoms with Crippen LogP contribution in [0.15, 0.2) is 36.4 Å². The number of anilines is 2. The molecular weight excluding hydrogens is 292 g/mol. The van der Waals surface area contributed by atoms with Crippen LogP contribution in [0.25, 0.3) is 10.8 Å². The summed E-state index contributed by atoms with van der Waals surface area (Å²) in [4.78, 5) is 0. The Balaban J connectivity index is 1.60. The van der Waals surface area contributed by atoms with Crippen LogP contribution in [0.2, 0.25) is 0 Å². The summed E-state index contributed by atoms with van der Waals surface area (Å²) in [5.41, 5.74) is 2.67. The molecule has 24 heavy (non-hydrogen) atoms. The summed E-state index contributed by atoms with van der Waals surface area (Å²) < 4.78 is 0. The monoisotopic (exact) mass is 322 g/mol. The molecule has 1 aliphatic heterocycles. The van der Waals surface area contributed by atoms with E-state index in [0.717, 1.165) is 0 Å². The molecule has 0 bridgehead atoms. The van der Waals surface area contributed by atoms with Crippen LogP contribution < -0.4 is 10.6 Å². The smallest absolute Gasteiger partial charge is 0.108 e. The molecule has 2 N–H and O–H groups in total. The lowest BCUT2D eigenvalue weighted by Gasteiger charge is -2.42. The molecule has 2 heteroatoms. The van der Waals surface area contributed by atoms with Crippen LogP contribution >= 0.6 is 0 Å². The highest BCUT2D eigenvalue weighted by molar-refractivity contribution is 6.05. The molecule has 128 valence electrons. The maximum atomic E-state index is 3.92. The van der Waals surface area contributed by atoms with E-state index in [1.54, 1.807) is 0 Å². The molecule has 1 spiro atoms. The average molecular weight is 322 g/mol. The van der Waals surface area contributed by atoms with Crippen LogP contribution in [0, 0.1) is 0 Å². The fourth-order valence-electron chi connectivity index (χ4n) is 4.56. The van der Waals surface area contributed by atoms with Crippen LogP contribution in [-0.4, -0.2) is 5.66 Å². The zero-order chi connectivity index (χ0) is 16.2. The second-order valence-electron chi connectivity index (χ2n) is 7.72. The third-order valence-electron chi connectivity index (χ3n) is 5.86. The summed E-state index contributed by atoms with van der Waals surface area (Å²) in [6.07, 6.45) is 14.9. The SMILES string of the molecule is c1cc2c3c(cccc3c1)NC1(CCCCCCCCCCC1)N2. The summed E-state index contributed by atoms with van der Waals surface area (Å²) in [5, 5.41) is 10.5. The number of hydrogen-bond donors (Lipinski definition) is 2. The van der Waals surface area contributed by atoms with Gasteiger partial charge in [-0.25, -0.2) is 0 Å². The van der Waals surface area contributed by atoms with Crippen molar-refractivity contribution in [1.29, 1.82) is 0 Å². The van der Waals surface area contributed by atoms with E-state index < -0.39 is 0 Å². The van der Waals surface area contributed by atoms with Crippen molar-refractivity contribution in [2.45, 2.75) is 76.3 Å². The predicted molar refractivity (Wildman–Crippen MR) is 105 cm³/mol. The van der Waals surface area contributed by atoms with Gasteiger partial charge in [0.05, 0.1) is 0 Å². The summed E-state index contributed by atoms with van der Waals surface area (Å²) in [7, 11) is 0. The maximum Gasteiger partial charge on any atom is 0.108 e. The van der Waals surface area contributed by atoms with Crippen molar-refractivity contribution in [3.8, 4) is 0 Å². The fraction of sp³-hybridized carbons (Fsp3) is 0.545. The van der Waals surface area contributed by atoms with E-state index in [1.807, 2.05) is 0 Å². The number of rotatable bonds is 0. The summed E-state index contributed by atoms with van der Waals surface area (Å²) in [6.45, 7) is 0. The highest BCUT2D eigenvalue weighted by Gasteiger charge is 2.33. The van der Waals surface area contributed by atoms with Gasteiger partial charge in [0.25, 0.3) is 0 Å². The van der Waals surface area contributed by atoms with E-state index in [0.29, 0.717) is 0 Å². The van der Waals surface area contributed by atoms with Gasteiger partial charge in [0, 0.05) is 16.8 Å². The normalized spacial score (nSPS) is 21.3.